The molecule has 1 aromatic rings. The zero-order valence-corrected chi connectivity index (χ0v) is 11.1. The molecule has 0 unspecified atom stereocenters. The predicted molar refractivity (Wildman–Crippen MR) is 72.6 cm³/mol. The van der Waals surface area contributed by atoms with Gasteiger partial charge in [0.05, 0.1) is 17.9 Å². The second-order valence-corrected chi connectivity index (χ2v) is 4.65. The van der Waals surface area contributed by atoms with Crippen LogP contribution >= 0.6 is 0 Å². The second-order valence-electron chi connectivity index (χ2n) is 4.65. The van der Waals surface area contributed by atoms with Crippen LogP contribution in [0.2, 0.25) is 0 Å². The third-order valence-corrected chi connectivity index (χ3v) is 2.97. The lowest BCUT2D eigenvalue weighted by Gasteiger charge is -2.12. The third kappa shape index (κ3) is 2.68. The summed E-state index contributed by atoms with van der Waals surface area (Å²) in [4.78, 5) is 34.7. The van der Waals surface area contributed by atoms with Crippen molar-refractivity contribution in [3.63, 3.8) is 0 Å². The molecule has 1 aromatic carbocycles. The molecule has 0 aromatic heterocycles. The van der Waals surface area contributed by atoms with Gasteiger partial charge in [0.1, 0.15) is 5.69 Å². The van der Waals surface area contributed by atoms with Crippen molar-refractivity contribution >= 4 is 28.9 Å². The number of nitro groups is 1. The van der Waals surface area contributed by atoms with Crippen molar-refractivity contribution in [3.8, 4) is 0 Å². The van der Waals surface area contributed by atoms with Gasteiger partial charge < -0.3 is 15.5 Å². The summed E-state index contributed by atoms with van der Waals surface area (Å²) in [5, 5.41) is 16.4. The predicted octanol–water partition coefficient (Wildman–Crippen LogP) is 0.589. The van der Waals surface area contributed by atoms with Crippen LogP contribution in [0.3, 0.4) is 0 Å². The maximum absolute atomic E-state index is 11.5. The van der Waals surface area contributed by atoms with E-state index in [4.69, 9.17) is 0 Å². The molecular formula is C12H14N4O4. The van der Waals surface area contributed by atoms with Crippen molar-refractivity contribution < 1.29 is 14.5 Å². The fraction of sp³-hybridized carbons (Fsp3) is 0.333. The van der Waals surface area contributed by atoms with E-state index in [1.807, 2.05) is 0 Å². The highest BCUT2D eigenvalue weighted by atomic mass is 16.6. The Kier molecular flexibility index (Phi) is 3.55. The van der Waals surface area contributed by atoms with Crippen LogP contribution in [-0.4, -0.2) is 42.3 Å². The van der Waals surface area contributed by atoms with Crippen molar-refractivity contribution in [2.24, 2.45) is 0 Å². The molecule has 0 spiro atoms. The average molecular weight is 278 g/mol. The summed E-state index contributed by atoms with van der Waals surface area (Å²) >= 11 is 0. The van der Waals surface area contributed by atoms with Crippen molar-refractivity contribution in [1.82, 2.24) is 4.90 Å². The number of amides is 2. The van der Waals surface area contributed by atoms with E-state index in [2.05, 4.69) is 10.6 Å². The molecule has 1 heterocycles. The van der Waals surface area contributed by atoms with Crippen molar-refractivity contribution in [3.05, 3.63) is 27.8 Å². The highest BCUT2D eigenvalue weighted by molar-refractivity contribution is 6.00. The maximum Gasteiger partial charge on any atom is 0.292 e. The van der Waals surface area contributed by atoms with Gasteiger partial charge in [0.25, 0.3) is 5.69 Å². The van der Waals surface area contributed by atoms with Gasteiger partial charge in [0.2, 0.25) is 11.8 Å². The Morgan fingerprint density at radius 2 is 2.20 bits per heavy atom. The number of carbonyl (C=O) groups excluding carboxylic acids is 2. The van der Waals surface area contributed by atoms with E-state index in [1.165, 1.54) is 17.0 Å². The monoisotopic (exact) mass is 278 g/mol. The van der Waals surface area contributed by atoms with E-state index in [1.54, 1.807) is 14.1 Å². The van der Waals surface area contributed by atoms with E-state index in [-0.39, 0.29) is 36.2 Å². The number of anilines is 2. The molecule has 0 bridgehead atoms. The smallest absolute Gasteiger partial charge is 0.292 e. The number of nitrogens with zero attached hydrogens (tertiary/aromatic N) is 2. The summed E-state index contributed by atoms with van der Waals surface area (Å²) in [7, 11) is 3.20. The number of fused-ring (bicyclic) bond motifs is 1. The van der Waals surface area contributed by atoms with Crippen LogP contribution < -0.4 is 10.6 Å². The van der Waals surface area contributed by atoms with Gasteiger partial charge in [0.15, 0.2) is 0 Å². The Bertz CT molecular complexity index is 597. The first-order valence-electron chi connectivity index (χ1n) is 5.93. The lowest BCUT2D eigenvalue weighted by atomic mass is 10.1. The van der Waals surface area contributed by atoms with Crippen molar-refractivity contribution in [2.75, 3.05) is 31.3 Å². The van der Waals surface area contributed by atoms with Gasteiger partial charge in [0, 0.05) is 25.8 Å². The average Bonchev–Trinajstić information content (AvgIpc) is 2.73. The minimum absolute atomic E-state index is 0.0550. The highest BCUT2D eigenvalue weighted by Crippen LogP contribution is 2.34. The van der Waals surface area contributed by atoms with E-state index in [0.717, 1.165) is 0 Å². The molecule has 0 radical (unpaired) electrons. The summed E-state index contributed by atoms with van der Waals surface area (Å²) in [5.74, 6) is -0.403. The number of likely N-dealkylation sites (N-methyl/N-ethyl adjacent to an activating group) is 1. The third-order valence-electron chi connectivity index (χ3n) is 2.97. The fourth-order valence-electron chi connectivity index (χ4n) is 1.88. The molecule has 20 heavy (non-hydrogen) atoms. The lowest BCUT2D eigenvalue weighted by molar-refractivity contribution is -0.384. The summed E-state index contributed by atoms with van der Waals surface area (Å²) in [6.07, 6.45) is 0.132. The number of rotatable bonds is 4. The van der Waals surface area contributed by atoms with Crippen LogP contribution in [0.25, 0.3) is 0 Å². The molecule has 106 valence electrons. The standard InChI is InChI=1S/C12H14N4O4/c1-15(2)12(18)6-13-9-5-8-7(4-11(17)14-8)3-10(9)16(19)20/h3,5,13H,4,6H2,1-2H3,(H,14,17). The van der Waals surface area contributed by atoms with E-state index in [9.17, 15) is 19.7 Å². The lowest BCUT2D eigenvalue weighted by Crippen LogP contribution is -2.28. The molecule has 1 aliphatic heterocycles. The minimum Gasteiger partial charge on any atom is -0.370 e. The van der Waals surface area contributed by atoms with Crippen molar-refractivity contribution in [2.45, 2.75) is 6.42 Å². The first kappa shape index (κ1) is 13.8. The van der Waals surface area contributed by atoms with Crippen LogP contribution in [0.1, 0.15) is 5.56 Å². The van der Waals surface area contributed by atoms with Crippen molar-refractivity contribution in [1.29, 1.82) is 0 Å². The first-order valence-corrected chi connectivity index (χ1v) is 5.93. The molecule has 2 amide bonds. The summed E-state index contributed by atoms with van der Waals surface area (Å²) in [5.41, 5.74) is 1.20. The zero-order chi connectivity index (χ0) is 14.9. The summed E-state index contributed by atoms with van der Waals surface area (Å²) in [6.45, 7) is -0.0550. The molecule has 2 rings (SSSR count). The molecule has 1 aliphatic rings. The summed E-state index contributed by atoms with van der Waals surface area (Å²) < 4.78 is 0. The molecule has 0 atom stereocenters. The van der Waals surface area contributed by atoms with Crippen LogP contribution in [0, 0.1) is 10.1 Å². The normalized spacial score (nSPS) is 12.6. The van der Waals surface area contributed by atoms with Gasteiger partial charge in [-0.1, -0.05) is 0 Å². The Morgan fingerprint density at radius 1 is 1.50 bits per heavy atom. The van der Waals surface area contributed by atoms with Gasteiger partial charge >= 0.3 is 0 Å². The topological polar surface area (TPSA) is 105 Å². The number of hydrogen-bond donors (Lipinski definition) is 2. The highest BCUT2D eigenvalue weighted by Gasteiger charge is 2.24. The van der Waals surface area contributed by atoms with E-state index >= 15 is 0 Å². The number of nitro benzene ring substituents is 1. The van der Waals surface area contributed by atoms with Gasteiger partial charge in [-0.3, -0.25) is 19.7 Å². The van der Waals surface area contributed by atoms with Crippen LogP contribution in [0.5, 0.6) is 0 Å². The van der Waals surface area contributed by atoms with Crippen LogP contribution in [0.15, 0.2) is 12.1 Å². The maximum atomic E-state index is 11.5. The quantitative estimate of drug-likeness (QED) is 0.619. The van der Waals surface area contributed by atoms with Gasteiger partial charge in [-0.25, -0.2) is 0 Å². The molecule has 0 saturated heterocycles. The van der Waals surface area contributed by atoms with Gasteiger partial charge in [-0.2, -0.15) is 0 Å². The molecular weight excluding hydrogens is 264 g/mol. The van der Waals surface area contributed by atoms with Gasteiger partial charge in [-0.05, 0) is 11.6 Å². The zero-order valence-electron chi connectivity index (χ0n) is 11.1. The Hall–Kier alpha value is -2.64. The van der Waals surface area contributed by atoms with Crippen LogP contribution in [0.4, 0.5) is 17.1 Å². The Balaban J connectivity index is 2.27. The molecule has 0 saturated carbocycles. The second kappa shape index (κ2) is 5.16. The molecule has 8 heteroatoms. The number of benzene rings is 1. The fourth-order valence-corrected chi connectivity index (χ4v) is 1.88. The molecule has 8 nitrogen and oxygen atoms in total. The largest absolute Gasteiger partial charge is 0.370 e. The SMILES string of the molecule is CN(C)C(=O)CNc1cc2c(cc1[N+](=O)[O-])CC(=O)N2. The Labute approximate surface area is 114 Å². The Morgan fingerprint density at radius 3 is 2.80 bits per heavy atom. The molecule has 2 N–H and O–H groups in total. The van der Waals surface area contributed by atoms with Gasteiger partial charge in [-0.15, -0.1) is 0 Å². The number of nitrogens with one attached hydrogen (secondary N) is 2. The number of carbonyl (C=O) groups is 2. The number of hydrogen-bond acceptors (Lipinski definition) is 5. The minimum atomic E-state index is -0.536. The first-order chi connectivity index (χ1) is 9.38. The summed E-state index contributed by atoms with van der Waals surface area (Å²) in [6, 6.07) is 2.84. The van der Waals surface area contributed by atoms with Crippen LogP contribution in [-0.2, 0) is 16.0 Å². The molecule has 0 aliphatic carbocycles. The van der Waals surface area contributed by atoms with E-state index in [0.29, 0.717) is 11.3 Å². The molecule has 0 fully saturated rings. The van der Waals surface area contributed by atoms with E-state index < -0.39 is 4.92 Å².